The van der Waals surface area contributed by atoms with Gasteiger partial charge in [-0.05, 0) is 90.1 Å². The largest absolute Gasteiger partial charge is 0.396 e. The molecule has 0 saturated heterocycles. The smallest absolute Gasteiger partial charge is 0.145 e. The first-order valence-electron chi connectivity index (χ1n) is 16.8. The predicted molar refractivity (Wildman–Crippen MR) is 181 cm³/mol. The van der Waals surface area contributed by atoms with E-state index in [0.29, 0.717) is 49.8 Å². The van der Waals surface area contributed by atoms with Gasteiger partial charge in [-0.3, -0.25) is 4.79 Å². The van der Waals surface area contributed by atoms with Gasteiger partial charge < -0.3 is 31.1 Å². The summed E-state index contributed by atoms with van der Waals surface area (Å²) in [5, 5.41) is 53.3. The monoisotopic (exact) mass is 620 g/mol. The van der Waals surface area contributed by atoms with Crippen LogP contribution in [0.3, 0.4) is 0 Å². The standard InChI is InChI=1S/C38H56N2O5/c1-6-40-24-28(3)11-7-9-27(2)10-8-12-31(26-43)32-14-16-37-34-33(29(4)25-42)30(23-36(37,44)19-21-39-5)13-15-35(34,20-22-41)17-18-38(32,37)45/h8,10-13,15,17-18,25,30,32,34,39-41,43-45H,2,6-7,9,14,16,19-24,26H2,1,3-5H3/b10-8+,28-11+,31-12-,33-29-/t30-,32+,34+,35+,36-,37+,38-/m1/s1. The number of aldehydes is 1. The first kappa shape index (κ1) is 35.5. The van der Waals surface area contributed by atoms with Crippen LogP contribution in [-0.2, 0) is 4.79 Å². The van der Waals surface area contributed by atoms with Crippen LogP contribution >= 0.6 is 0 Å². The first-order valence-corrected chi connectivity index (χ1v) is 16.8. The van der Waals surface area contributed by atoms with Gasteiger partial charge in [-0.1, -0.05) is 78.8 Å². The van der Waals surface area contributed by atoms with Gasteiger partial charge in [0, 0.05) is 41.7 Å². The second-order valence-corrected chi connectivity index (χ2v) is 13.8. The minimum Gasteiger partial charge on any atom is -0.396 e. The van der Waals surface area contributed by atoms with E-state index in [2.05, 4.69) is 49.3 Å². The molecule has 0 radical (unpaired) electrons. The van der Waals surface area contributed by atoms with Crippen molar-refractivity contribution in [1.82, 2.24) is 10.6 Å². The van der Waals surface area contributed by atoms with Crippen molar-refractivity contribution in [2.75, 3.05) is 39.9 Å². The van der Waals surface area contributed by atoms with E-state index in [1.165, 1.54) is 5.57 Å². The third-order valence-electron chi connectivity index (χ3n) is 11.3. The fraction of sp³-hybridized carbons (Fsp3) is 0.605. The molecule has 0 aromatic heterocycles. The van der Waals surface area contributed by atoms with Crippen LogP contribution in [0.15, 0.2) is 83.1 Å². The lowest BCUT2D eigenvalue weighted by Crippen LogP contribution is -2.72. The Morgan fingerprint density at radius 1 is 1.16 bits per heavy atom. The summed E-state index contributed by atoms with van der Waals surface area (Å²) in [5.74, 6) is -0.924. The molecule has 4 aliphatic rings. The number of allylic oxidation sites excluding steroid dienone is 10. The summed E-state index contributed by atoms with van der Waals surface area (Å²) in [6, 6.07) is 0. The van der Waals surface area contributed by atoms with Crippen molar-refractivity contribution in [2.45, 2.75) is 76.9 Å². The van der Waals surface area contributed by atoms with Crippen LogP contribution in [0.4, 0.5) is 0 Å². The average molecular weight is 621 g/mol. The summed E-state index contributed by atoms with van der Waals surface area (Å²) in [4.78, 5) is 12.3. The molecule has 0 aromatic carbocycles. The van der Waals surface area contributed by atoms with Gasteiger partial charge in [0.2, 0.25) is 0 Å². The molecule has 7 nitrogen and oxygen atoms in total. The zero-order chi connectivity index (χ0) is 32.9. The van der Waals surface area contributed by atoms with Gasteiger partial charge in [0.05, 0.1) is 17.8 Å². The van der Waals surface area contributed by atoms with Crippen LogP contribution in [0, 0.1) is 28.6 Å². The maximum absolute atomic E-state index is 13.0. The van der Waals surface area contributed by atoms with Crippen molar-refractivity contribution < 1.29 is 25.2 Å². The highest BCUT2D eigenvalue weighted by Gasteiger charge is 2.77. The van der Waals surface area contributed by atoms with Crippen molar-refractivity contribution in [3.05, 3.63) is 83.1 Å². The Kier molecular flexibility index (Phi) is 11.5. The van der Waals surface area contributed by atoms with E-state index in [-0.39, 0.29) is 25.0 Å². The minimum absolute atomic E-state index is 0.0579. The highest BCUT2D eigenvalue weighted by molar-refractivity contribution is 5.75. The van der Waals surface area contributed by atoms with E-state index in [1.807, 2.05) is 44.4 Å². The topological polar surface area (TPSA) is 122 Å². The lowest BCUT2D eigenvalue weighted by Gasteiger charge is -2.68. The minimum atomic E-state index is -1.47. The van der Waals surface area contributed by atoms with Gasteiger partial charge in [0.25, 0.3) is 0 Å². The number of aliphatic hydroxyl groups excluding tert-OH is 2. The second kappa shape index (κ2) is 14.6. The maximum atomic E-state index is 13.0. The van der Waals surface area contributed by atoms with E-state index in [1.54, 1.807) is 0 Å². The highest BCUT2D eigenvalue weighted by Crippen LogP contribution is 2.75. The normalized spacial score (nSPS) is 36.8. The second-order valence-electron chi connectivity index (χ2n) is 13.8. The number of likely N-dealkylation sites (N-methyl/N-ethyl adjacent to an activating group) is 1. The third-order valence-corrected chi connectivity index (χ3v) is 11.3. The lowest BCUT2D eigenvalue weighted by atomic mass is 9.37. The number of hydrogen-bond acceptors (Lipinski definition) is 7. The quantitative estimate of drug-likeness (QED) is 0.0651. The maximum Gasteiger partial charge on any atom is 0.145 e. The molecule has 0 amide bonds. The van der Waals surface area contributed by atoms with Crippen LogP contribution in [0.25, 0.3) is 0 Å². The lowest BCUT2D eigenvalue weighted by molar-refractivity contribution is -0.233. The van der Waals surface area contributed by atoms with Gasteiger partial charge in [0.1, 0.15) is 6.29 Å². The predicted octanol–water partition coefficient (Wildman–Crippen LogP) is 4.48. The van der Waals surface area contributed by atoms with Gasteiger partial charge in [-0.25, -0.2) is 0 Å². The van der Waals surface area contributed by atoms with Gasteiger partial charge >= 0.3 is 0 Å². The number of carbonyl (C=O) groups excluding carboxylic acids is 1. The Morgan fingerprint density at radius 3 is 2.60 bits per heavy atom. The summed E-state index contributed by atoms with van der Waals surface area (Å²) in [7, 11) is 1.86. The van der Waals surface area contributed by atoms with Crippen molar-refractivity contribution >= 4 is 6.29 Å². The SMILES string of the molecule is C=C(/C=C/C=C(/CO)[C@@H]1CC[C@@]23[C@H]4/C(=C(/C)C=O)[C@H](C=C[C@@]4(CCO)C=C[C@@]12O)C[C@]3(O)CCNC)CC/C=C(\C)CNCC. The molecule has 0 aliphatic heterocycles. The molecular formula is C38H56N2O5. The molecular weight excluding hydrogens is 564 g/mol. The number of aliphatic hydroxyl groups is 4. The van der Waals surface area contributed by atoms with E-state index >= 15 is 0 Å². The van der Waals surface area contributed by atoms with E-state index in [0.717, 1.165) is 43.4 Å². The summed E-state index contributed by atoms with van der Waals surface area (Å²) >= 11 is 0. The molecule has 1 spiro atoms. The molecule has 6 N–H and O–H groups in total. The molecule has 0 heterocycles. The number of nitrogens with one attached hydrogen (secondary N) is 2. The van der Waals surface area contributed by atoms with Crippen molar-refractivity contribution in [3.63, 3.8) is 0 Å². The van der Waals surface area contributed by atoms with Crippen LogP contribution in [0.5, 0.6) is 0 Å². The van der Waals surface area contributed by atoms with Crippen LogP contribution in [0.1, 0.15) is 65.7 Å². The van der Waals surface area contributed by atoms with Crippen LogP contribution in [0.2, 0.25) is 0 Å². The number of carbonyl (C=O) groups is 1. The summed E-state index contributed by atoms with van der Waals surface area (Å²) in [6.45, 7) is 12.4. The molecule has 4 rings (SSSR count). The summed E-state index contributed by atoms with van der Waals surface area (Å²) in [6.07, 6.45) is 21.1. The molecule has 7 atom stereocenters. The van der Waals surface area contributed by atoms with E-state index in [4.69, 9.17) is 0 Å². The Morgan fingerprint density at radius 2 is 1.93 bits per heavy atom. The van der Waals surface area contributed by atoms with Crippen molar-refractivity contribution in [2.24, 2.45) is 28.6 Å². The molecule has 4 aliphatic carbocycles. The molecule has 0 aromatic rings. The molecule has 2 fully saturated rings. The first-order chi connectivity index (χ1) is 21.5. The molecule has 45 heavy (non-hydrogen) atoms. The van der Waals surface area contributed by atoms with Gasteiger partial charge in [-0.2, -0.15) is 0 Å². The fourth-order valence-corrected chi connectivity index (χ4v) is 9.28. The Hall–Kier alpha value is -2.39. The number of rotatable bonds is 16. The van der Waals surface area contributed by atoms with E-state index < -0.39 is 27.9 Å². The Labute approximate surface area is 270 Å². The molecule has 7 heteroatoms. The highest BCUT2D eigenvalue weighted by atomic mass is 16.3. The average Bonchev–Trinajstić information content (AvgIpc) is 3.34. The van der Waals surface area contributed by atoms with Gasteiger partial charge in [-0.15, -0.1) is 0 Å². The van der Waals surface area contributed by atoms with Crippen LogP contribution < -0.4 is 10.6 Å². The number of hydrogen-bond donors (Lipinski definition) is 6. The summed E-state index contributed by atoms with van der Waals surface area (Å²) < 4.78 is 0. The Bertz CT molecular complexity index is 1290. The molecule has 2 saturated carbocycles. The van der Waals surface area contributed by atoms with Gasteiger partial charge in [0.15, 0.2) is 0 Å². The van der Waals surface area contributed by atoms with Crippen molar-refractivity contribution in [3.8, 4) is 0 Å². The third kappa shape index (κ3) is 6.20. The molecule has 2 bridgehead atoms. The number of fused-ring (bicyclic) bond motifs is 1. The van der Waals surface area contributed by atoms with E-state index in [9.17, 15) is 25.2 Å². The van der Waals surface area contributed by atoms with Crippen LogP contribution in [-0.4, -0.2) is 77.8 Å². The zero-order valence-electron chi connectivity index (χ0n) is 27.8. The molecule has 248 valence electrons. The fourth-order valence-electron chi connectivity index (χ4n) is 9.28. The summed E-state index contributed by atoms with van der Waals surface area (Å²) in [5.41, 5.74) is 0.223. The Balaban J connectivity index is 1.74. The molecule has 0 unspecified atom stereocenters. The van der Waals surface area contributed by atoms with Crippen molar-refractivity contribution in [1.29, 1.82) is 0 Å². The zero-order valence-corrected chi connectivity index (χ0v) is 27.8.